The molecule has 1 aliphatic heterocycles. The molecule has 2 heterocycles. The molecule has 130 valence electrons. The third kappa shape index (κ3) is 1.81. The summed E-state index contributed by atoms with van der Waals surface area (Å²) in [5, 5.41) is 11.1. The maximum atomic E-state index is 12.4. The van der Waals surface area contributed by atoms with Crippen molar-refractivity contribution >= 4 is 5.97 Å². The van der Waals surface area contributed by atoms with Crippen LogP contribution < -0.4 is 0 Å². The molecule has 0 spiro atoms. The summed E-state index contributed by atoms with van der Waals surface area (Å²) in [6.45, 7) is 6.64. The molecule has 0 amide bonds. The number of hydrogen-bond donors (Lipinski definition) is 1. The lowest BCUT2D eigenvalue weighted by Gasteiger charge is -2.59. The smallest absolute Gasteiger partial charge is 0.343 e. The Labute approximate surface area is 142 Å². The summed E-state index contributed by atoms with van der Waals surface area (Å²) in [5.74, 6) is 0.170. The van der Waals surface area contributed by atoms with Crippen LogP contribution in [0.15, 0.2) is 35.2 Å². The number of carbonyl (C=O) groups is 1. The molecular weight excluding hydrogens is 304 g/mol. The first-order valence-electron chi connectivity index (χ1n) is 8.94. The van der Waals surface area contributed by atoms with Gasteiger partial charge in [-0.2, -0.15) is 0 Å². The Balaban J connectivity index is 1.71. The second kappa shape index (κ2) is 4.98. The van der Waals surface area contributed by atoms with E-state index in [4.69, 9.17) is 9.15 Å². The van der Waals surface area contributed by atoms with Crippen LogP contribution in [0.5, 0.6) is 0 Å². The number of allylic oxidation sites excluding steroid dienone is 1. The van der Waals surface area contributed by atoms with Crippen molar-refractivity contribution in [3.05, 3.63) is 36.3 Å². The molecule has 0 bridgehead atoms. The highest BCUT2D eigenvalue weighted by molar-refractivity contribution is 5.86. The van der Waals surface area contributed by atoms with Crippen LogP contribution in [0.2, 0.25) is 0 Å². The molecule has 1 saturated heterocycles. The van der Waals surface area contributed by atoms with E-state index in [1.807, 2.05) is 12.1 Å². The van der Waals surface area contributed by atoms with Crippen LogP contribution in [-0.4, -0.2) is 22.8 Å². The van der Waals surface area contributed by atoms with Gasteiger partial charge in [-0.1, -0.05) is 26.8 Å². The van der Waals surface area contributed by atoms with E-state index in [-0.39, 0.29) is 17.4 Å². The zero-order chi connectivity index (χ0) is 17.2. The van der Waals surface area contributed by atoms with Crippen LogP contribution in [0, 0.1) is 22.7 Å². The normalized spacial score (nSPS) is 46.7. The van der Waals surface area contributed by atoms with Crippen molar-refractivity contribution < 1.29 is 19.1 Å². The highest BCUT2D eigenvalue weighted by atomic mass is 16.6. The van der Waals surface area contributed by atoms with Gasteiger partial charge in [0.1, 0.15) is 6.10 Å². The van der Waals surface area contributed by atoms with E-state index >= 15 is 0 Å². The highest BCUT2D eigenvalue weighted by Crippen LogP contribution is 2.66. The minimum atomic E-state index is -1.47. The maximum absolute atomic E-state index is 12.4. The van der Waals surface area contributed by atoms with Gasteiger partial charge in [-0.15, -0.1) is 0 Å². The molecular formula is C20H26O4. The molecule has 0 aromatic carbocycles. The third-order valence-electron chi connectivity index (χ3n) is 7.53. The Morgan fingerprint density at radius 3 is 2.88 bits per heavy atom. The standard InChI is InChI=1S/C20H26O4/c1-13-11-16-19(3)15(5-4-8-20(19,22)17(21)24-16)18(13,2)9-6-14-7-10-23-12-14/h4,7-8,10,12-13,15-16,22H,5-6,9,11H2,1-3H3. The van der Waals surface area contributed by atoms with Gasteiger partial charge in [-0.25, -0.2) is 4.79 Å². The molecule has 3 aliphatic rings. The summed E-state index contributed by atoms with van der Waals surface area (Å²) in [4.78, 5) is 12.4. The van der Waals surface area contributed by atoms with E-state index in [0.717, 1.165) is 25.7 Å². The number of aryl methyl sites for hydroxylation is 1. The molecule has 1 aromatic rings. The third-order valence-corrected chi connectivity index (χ3v) is 7.53. The Kier molecular flexibility index (Phi) is 3.31. The van der Waals surface area contributed by atoms with E-state index in [1.54, 1.807) is 18.6 Å². The van der Waals surface area contributed by atoms with Gasteiger partial charge in [-0.3, -0.25) is 0 Å². The van der Waals surface area contributed by atoms with Crippen LogP contribution >= 0.6 is 0 Å². The molecule has 1 N–H and O–H groups in total. The Bertz CT molecular complexity index is 678. The van der Waals surface area contributed by atoms with E-state index in [1.165, 1.54) is 5.56 Å². The minimum absolute atomic E-state index is 0.0369. The van der Waals surface area contributed by atoms with Crippen LogP contribution in [0.25, 0.3) is 0 Å². The van der Waals surface area contributed by atoms with Gasteiger partial charge >= 0.3 is 5.97 Å². The molecule has 4 heteroatoms. The van der Waals surface area contributed by atoms with Gasteiger partial charge < -0.3 is 14.3 Å². The summed E-state index contributed by atoms with van der Waals surface area (Å²) in [6, 6.07) is 2.01. The lowest BCUT2D eigenvalue weighted by atomic mass is 9.44. The molecule has 1 saturated carbocycles. The first kappa shape index (κ1) is 15.9. The highest BCUT2D eigenvalue weighted by Gasteiger charge is 2.72. The Morgan fingerprint density at radius 1 is 1.38 bits per heavy atom. The lowest BCUT2D eigenvalue weighted by molar-refractivity contribution is -0.158. The second-order valence-corrected chi connectivity index (χ2v) is 8.41. The minimum Gasteiger partial charge on any atom is -0.472 e. The molecule has 2 aliphatic carbocycles. The van der Waals surface area contributed by atoms with Gasteiger partial charge in [0.25, 0.3) is 0 Å². The predicted molar refractivity (Wildman–Crippen MR) is 89.1 cm³/mol. The number of rotatable bonds is 3. The zero-order valence-corrected chi connectivity index (χ0v) is 14.6. The summed E-state index contributed by atoms with van der Waals surface area (Å²) in [6.07, 6.45) is 10.6. The van der Waals surface area contributed by atoms with Crippen molar-refractivity contribution in [3.63, 3.8) is 0 Å². The molecule has 1 aromatic heterocycles. The fourth-order valence-corrected chi connectivity index (χ4v) is 5.61. The fourth-order valence-electron chi connectivity index (χ4n) is 5.61. The first-order valence-corrected chi connectivity index (χ1v) is 8.94. The number of hydrogen-bond acceptors (Lipinski definition) is 4. The van der Waals surface area contributed by atoms with Crippen molar-refractivity contribution in [2.45, 2.75) is 58.2 Å². The maximum Gasteiger partial charge on any atom is 0.343 e. The van der Waals surface area contributed by atoms with Crippen LogP contribution in [0.4, 0.5) is 0 Å². The first-order chi connectivity index (χ1) is 11.3. The van der Waals surface area contributed by atoms with Crippen molar-refractivity contribution in [1.82, 2.24) is 0 Å². The van der Waals surface area contributed by atoms with Crippen molar-refractivity contribution in [2.75, 3.05) is 0 Å². The monoisotopic (exact) mass is 330 g/mol. The number of furan rings is 1. The van der Waals surface area contributed by atoms with Gasteiger partial charge in [-0.05, 0) is 60.6 Å². The summed E-state index contributed by atoms with van der Waals surface area (Å²) in [7, 11) is 0. The number of esters is 1. The van der Waals surface area contributed by atoms with E-state index in [2.05, 4.69) is 20.8 Å². The Hall–Kier alpha value is -1.55. The number of carbonyl (C=O) groups excluding carboxylic acids is 1. The molecule has 6 unspecified atom stereocenters. The second-order valence-electron chi connectivity index (χ2n) is 8.41. The molecule has 2 fully saturated rings. The van der Waals surface area contributed by atoms with Crippen LogP contribution in [0.3, 0.4) is 0 Å². The van der Waals surface area contributed by atoms with Gasteiger partial charge in [0.05, 0.1) is 17.9 Å². The number of ether oxygens (including phenoxy) is 1. The summed E-state index contributed by atoms with van der Waals surface area (Å²) < 4.78 is 10.8. The predicted octanol–water partition coefficient (Wildman–Crippen LogP) is 3.50. The quantitative estimate of drug-likeness (QED) is 0.681. The lowest BCUT2D eigenvalue weighted by Crippen LogP contribution is -2.62. The topological polar surface area (TPSA) is 59.7 Å². The average Bonchev–Trinajstić information content (AvgIpc) is 3.12. The van der Waals surface area contributed by atoms with Crippen molar-refractivity contribution in [2.24, 2.45) is 22.7 Å². The van der Waals surface area contributed by atoms with Crippen molar-refractivity contribution in [3.8, 4) is 0 Å². The van der Waals surface area contributed by atoms with E-state index in [0.29, 0.717) is 5.92 Å². The average molecular weight is 330 g/mol. The van der Waals surface area contributed by atoms with Crippen molar-refractivity contribution in [1.29, 1.82) is 0 Å². The fraction of sp³-hybridized carbons (Fsp3) is 0.650. The van der Waals surface area contributed by atoms with Gasteiger partial charge in [0.2, 0.25) is 0 Å². The van der Waals surface area contributed by atoms with Gasteiger partial charge in [0, 0.05) is 0 Å². The van der Waals surface area contributed by atoms with Crippen LogP contribution in [-0.2, 0) is 16.0 Å². The number of aliphatic hydroxyl groups is 1. The Morgan fingerprint density at radius 2 is 2.17 bits per heavy atom. The summed E-state index contributed by atoms with van der Waals surface area (Å²) in [5.41, 5.74) is -0.778. The van der Waals surface area contributed by atoms with Crippen LogP contribution in [0.1, 0.15) is 45.6 Å². The van der Waals surface area contributed by atoms with E-state index in [9.17, 15) is 9.90 Å². The molecule has 4 nitrogen and oxygen atoms in total. The van der Waals surface area contributed by atoms with Gasteiger partial charge in [0.15, 0.2) is 5.60 Å². The van der Waals surface area contributed by atoms with E-state index < -0.39 is 17.0 Å². The summed E-state index contributed by atoms with van der Waals surface area (Å²) >= 11 is 0. The molecule has 6 atom stereocenters. The molecule has 4 rings (SSSR count). The zero-order valence-electron chi connectivity index (χ0n) is 14.6. The molecule has 0 radical (unpaired) electrons. The largest absolute Gasteiger partial charge is 0.472 e. The molecule has 24 heavy (non-hydrogen) atoms. The SMILES string of the molecule is CC1CC2OC(=O)C3(O)C=CCC(C1(C)CCc1ccoc1)C23C.